The number of furan rings is 1. The maximum atomic E-state index is 5.90. The molecule has 24 heavy (non-hydrogen) atoms. The number of fused-ring (bicyclic) bond motifs is 4. The average molecular weight is 309 g/mol. The predicted octanol–water partition coefficient (Wildman–Crippen LogP) is 6.48. The van der Waals surface area contributed by atoms with E-state index in [1.807, 2.05) is 24.3 Å². The molecule has 0 aliphatic rings. The smallest absolute Gasteiger partial charge is 0.135 e. The average Bonchev–Trinajstić information content (AvgIpc) is 3.00. The summed E-state index contributed by atoms with van der Waals surface area (Å²) in [5, 5.41) is 8.29. The van der Waals surface area contributed by atoms with Gasteiger partial charge in [-0.2, -0.15) is 0 Å². The van der Waals surface area contributed by atoms with Gasteiger partial charge in [0.15, 0.2) is 0 Å². The monoisotopic (exact) mass is 309 g/mol. The summed E-state index contributed by atoms with van der Waals surface area (Å²) in [5.41, 5.74) is 4.01. The van der Waals surface area contributed by atoms with E-state index in [0.29, 0.717) is 0 Å². The van der Waals surface area contributed by atoms with E-state index < -0.39 is 0 Å². The Balaban J connectivity index is 1.65. The van der Waals surface area contributed by atoms with Crippen LogP contribution in [0.25, 0.3) is 32.7 Å². The standard InChI is InChI=1S/C22H15NO/c1-2-8-17-15(6-1)7-5-10-20(17)23-16-12-13-22-19(14-16)18-9-3-4-11-21(18)24-22/h1-14,23H. The van der Waals surface area contributed by atoms with Gasteiger partial charge in [-0.1, -0.05) is 54.6 Å². The van der Waals surface area contributed by atoms with Gasteiger partial charge in [-0.25, -0.2) is 0 Å². The quantitative estimate of drug-likeness (QED) is 0.403. The summed E-state index contributed by atoms with van der Waals surface area (Å²) in [6.45, 7) is 0. The van der Waals surface area contributed by atoms with E-state index in [4.69, 9.17) is 4.42 Å². The molecule has 0 amide bonds. The van der Waals surface area contributed by atoms with Crippen molar-refractivity contribution in [2.45, 2.75) is 0 Å². The van der Waals surface area contributed by atoms with Gasteiger partial charge in [0.2, 0.25) is 0 Å². The summed E-state index contributed by atoms with van der Waals surface area (Å²) in [7, 11) is 0. The number of hydrogen-bond acceptors (Lipinski definition) is 2. The molecule has 0 saturated carbocycles. The van der Waals surface area contributed by atoms with E-state index in [-0.39, 0.29) is 0 Å². The van der Waals surface area contributed by atoms with Crippen molar-refractivity contribution in [2.75, 3.05) is 5.32 Å². The highest BCUT2D eigenvalue weighted by Crippen LogP contribution is 2.32. The molecule has 114 valence electrons. The van der Waals surface area contributed by atoms with Gasteiger partial charge in [-0.05, 0) is 35.7 Å². The predicted molar refractivity (Wildman–Crippen MR) is 101 cm³/mol. The number of rotatable bonds is 2. The first-order chi connectivity index (χ1) is 11.9. The van der Waals surface area contributed by atoms with E-state index in [2.05, 4.69) is 66.0 Å². The molecule has 0 aliphatic carbocycles. The third-order valence-corrected chi connectivity index (χ3v) is 4.45. The van der Waals surface area contributed by atoms with E-state index in [9.17, 15) is 0 Å². The third kappa shape index (κ3) is 2.04. The Bertz CT molecular complexity index is 1180. The normalized spacial score (nSPS) is 11.3. The molecule has 0 aliphatic heterocycles. The minimum atomic E-state index is 0.916. The molecule has 0 atom stereocenters. The van der Waals surface area contributed by atoms with Gasteiger partial charge in [0.1, 0.15) is 11.2 Å². The Morgan fingerprint density at radius 3 is 2.29 bits per heavy atom. The van der Waals surface area contributed by atoms with Crippen molar-refractivity contribution >= 4 is 44.1 Å². The van der Waals surface area contributed by atoms with Crippen LogP contribution in [0.2, 0.25) is 0 Å². The van der Waals surface area contributed by atoms with Gasteiger partial charge in [0.05, 0.1) is 0 Å². The zero-order valence-electron chi connectivity index (χ0n) is 13.0. The van der Waals surface area contributed by atoms with Crippen LogP contribution in [0.1, 0.15) is 0 Å². The van der Waals surface area contributed by atoms with Crippen LogP contribution in [-0.2, 0) is 0 Å². The molecule has 0 radical (unpaired) electrons. The summed E-state index contributed by atoms with van der Waals surface area (Å²) < 4.78 is 5.90. The Morgan fingerprint density at radius 2 is 1.33 bits per heavy atom. The maximum Gasteiger partial charge on any atom is 0.135 e. The lowest BCUT2D eigenvalue weighted by Crippen LogP contribution is -1.91. The molecule has 0 fully saturated rings. The molecule has 0 saturated heterocycles. The first-order valence-corrected chi connectivity index (χ1v) is 8.04. The molecule has 0 spiro atoms. The molecule has 5 aromatic rings. The molecule has 2 heteroatoms. The van der Waals surface area contributed by atoms with Crippen LogP contribution in [0.15, 0.2) is 89.3 Å². The Labute approximate surface area is 139 Å². The molecule has 0 bridgehead atoms. The molecular weight excluding hydrogens is 294 g/mol. The molecule has 0 unspecified atom stereocenters. The highest BCUT2D eigenvalue weighted by atomic mass is 16.3. The van der Waals surface area contributed by atoms with Crippen molar-refractivity contribution in [3.05, 3.63) is 84.9 Å². The fourth-order valence-electron chi connectivity index (χ4n) is 3.29. The zero-order valence-corrected chi connectivity index (χ0v) is 13.0. The molecular formula is C22H15NO. The van der Waals surface area contributed by atoms with Gasteiger partial charge in [0.25, 0.3) is 0 Å². The fraction of sp³-hybridized carbons (Fsp3) is 0. The third-order valence-electron chi connectivity index (χ3n) is 4.45. The zero-order chi connectivity index (χ0) is 15.9. The molecule has 2 nitrogen and oxygen atoms in total. The molecule has 1 heterocycles. The number of anilines is 2. The summed E-state index contributed by atoms with van der Waals surface area (Å²) in [5.74, 6) is 0. The van der Waals surface area contributed by atoms with Crippen LogP contribution in [0.4, 0.5) is 11.4 Å². The first kappa shape index (κ1) is 13.2. The summed E-state index contributed by atoms with van der Waals surface area (Å²) >= 11 is 0. The number of benzene rings is 4. The van der Waals surface area contributed by atoms with Gasteiger partial charge in [-0.3, -0.25) is 0 Å². The van der Waals surface area contributed by atoms with Gasteiger partial charge < -0.3 is 9.73 Å². The van der Waals surface area contributed by atoms with Crippen molar-refractivity contribution in [3.8, 4) is 0 Å². The van der Waals surface area contributed by atoms with Crippen LogP contribution < -0.4 is 5.32 Å². The molecule has 5 rings (SSSR count). The van der Waals surface area contributed by atoms with Gasteiger partial charge in [0, 0.05) is 27.5 Å². The Hall–Kier alpha value is -3.26. The van der Waals surface area contributed by atoms with Crippen molar-refractivity contribution in [2.24, 2.45) is 0 Å². The number of nitrogens with one attached hydrogen (secondary N) is 1. The highest BCUT2D eigenvalue weighted by Gasteiger charge is 2.07. The lowest BCUT2D eigenvalue weighted by molar-refractivity contribution is 0.669. The second kappa shape index (κ2) is 5.14. The van der Waals surface area contributed by atoms with Crippen molar-refractivity contribution in [1.29, 1.82) is 0 Å². The minimum Gasteiger partial charge on any atom is -0.456 e. The van der Waals surface area contributed by atoms with Crippen LogP contribution in [0.5, 0.6) is 0 Å². The highest BCUT2D eigenvalue weighted by molar-refractivity contribution is 6.06. The first-order valence-electron chi connectivity index (χ1n) is 8.04. The van der Waals surface area contributed by atoms with E-state index in [1.54, 1.807) is 0 Å². The fourth-order valence-corrected chi connectivity index (χ4v) is 3.29. The van der Waals surface area contributed by atoms with Gasteiger partial charge in [-0.15, -0.1) is 0 Å². The summed E-state index contributed by atoms with van der Waals surface area (Å²) in [4.78, 5) is 0. The lowest BCUT2D eigenvalue weighted by atomic mass is 10.1. The minimum absolute atomic E-state index is 0.916. The van der Waals surface area contributed by atoms with E-state index in [1.165, 1.54) is 10.8 Å². The molecule has 4 aromatic carbocycles. The molecule has 1 N–H and O–H groups in total. The SMILES string of the molecule is c1ccc2c(Nc3ccc4oc5ccccc5c4c3)cccc2c1. The molecule has 1 aromatic heterocycles. The number of para-hydroxylation sites is 1. The van der Waals surface area contributed by atoms with Crippen LogP contribution in [0, 0.1) is 0 Å². The number of hydrogen-bond donors (Lipinski definition) is 1. The summed E-state index contributed by atoms with van der Waals surface area (Å²) in [6, 6.07) is 29.1. The second-order valence-corrected chi connectivity index (χ2v) is 5.96. The van der Waals surface area contributed by atoms with Crippen LogP contribution in [0.3, 0.4) is 0 Å². The van der Waals surface area contributed by atoms with Crippen LogP contribution in [-0.4, -0.2) is 0 Å². The largest absolute Gasteiger partial charge is 0.456 e. The topological polar surface area (TPSA) is 25.2 Å². The van der Waals surface area contributed by atoms with Crippen molar-refractivity contribution < 1.29 is 4.42 Å². The van der Waals surface area contributed by atoms with Crippen molar-refractivity contribution in [3.63, 3.8) is 0 Å². The maximum absolute atomic E-state index is 5.90. The lowest BCUT2D eigenvalue weighted by Gasteiger charge is -2.10. The second-order valence-electron chi connectivity index (χ2n) is 5.96. The summed E-state index contributed by atoms with van der Waals surface area (Å²) in [6.07, 6.45) is 0. The van der Waals surface area contributed by atoms with Crippen LogP contribution >= 0.6 is 0 Å². The van der Waals surface area contributed by atoms with E-state index in [0.717, 1.165) is 33.3 Å². The van der Waals surface area contributed by atoms with Gasteiger partial charge >= 0.3 is 0 Å². The Morgan fingerprint density at radius 1 is 0.583 bits per heavy atom. The Kier molecular flexibility index (Phi) is 2.83. The van der Waals surface area contributed by atoms with E-state index >= 15 is 0 Å². The van der Waals surface area contributed by atoms with Crippen molar-refractivity contribution in [1.82, 2.24) is 0 Å².